The highest BCUT2D eigenvalue weighted by Crippen LogP contribution is 2.34. The summed E-state index contributed by atoms with van der Waals surface area (Å²) in [7, 11) is 1.60. The zero-order valence-electron chi connectivity index (χ0n) is 13.7. The number of thiophene rings is 1. The SMILES string of the molecule is COc1cccc(CNC(=O)c2nc3sc4c(c3c(=O)[nH]2)CCC4)c1. The number of nitrogens with zero attached hydrogens (tertiary/aromatic N) is 1. The van der Waals surface area contributed by atoms with Crippen molar-refractivity contribution in [1.82, 2.24) is 15.3 Å². The van der Waals surface area contributed by atoms with E-state index in [1.165, 1.54) is 16.2 Å². The topological polar surface area (TPSA) is 84.1 Å². The summed E-state index contributed by atoms with van der Waals surface area (Å²) in [5.74, 6) is 0.392. The van der Waals surface area contributed by atoms with Gasteiger partial charge in [0.15, 0.2) is 0 Å². The van der Waals surface area contributed by atoms with Gasteiger partial charge >= 0.3 is 0 Å². The Hall–Kier alpha value is -2.67. The lowest BCUT2D eigenvalue weighted by molar-refractivity contribution is 0.0940. The predicted molar refractivity (Wildman–Crippen MR) is 96.4 cm³/mol. The van der Waals surface area contributed by atoms with Crippen LogP contribution in [0.3, 0.4) is 0 Å². The molecule has 7 heteroatoms. The van der Waals surface area contributed by atoms with Crippen LogP contribution in [0.1, 0.15) is 33.0 Å². The lowest BCUT2D eigenvalue weighted by Gasteiger charge is -2.06. The summed E-state index contributed by atoms with van der Waals surface area (Å²) in [4.78, 5) is 33.6. The van der Waals surface area contributed by atoms with Crippen molar-refractivity contribution >= 4 is 27.5 Å². The third-order valence-electron chi connectivity index (χ3n) is 4.38. The smallest absolute Gasteiger partial charge is 0.287 e. The van der Waals surface area contributed by atoms with Crippen LogP contribution in [0.15, 0.2) is 29.1 Å². The van der Waals surface area contributed by atoms with Gasteiger partial charge in [-0.25, -0.2) is 4.98 Å². The number of aryl methyl sites for hydroxylation is 2. The van der Waals surface area contributed by atoms with E-state index in [1.54, 1.807) is 7.11 Å². The third-order valence-corrected chi connectivity index (χ3v) is 5.56. The van der Waals surface area contributed by atoms with Gasteiger partial charge in [0.05, 0.1) is 12.5 Å². The summed E-state index contributed by atoms with van der Waals surface area (Å²) >= 11 is 1.52. The normalized spacial score (nSPS) is 13.0. The van der Waals surface area contributed by atoms with Crippen molar-refractivity contribution < 1.29 is 9.53 Å². The lowest BCUT2D eigenvalue weighted by Crippen LogP contribution is -2.27. The second-order valence-corrected chi connectivity index (χ2v) is 7.07. The number of benzene rings is 1. The number of ether oxygens (including phenoxy) is 1. The second-order valence-electron chi connectivity index (χ2n) is 5.99. The van der Waals surface area contributed by atoms with Gasteiger partial charge in [0.25, 0.3) is 11.5 Å². The van der Waals surface area contributed by atoms with Crippen molar-refractivity contribution in [3.8, 4) is 5.75 Å². The number of amides is 1. The van der Waals surface area contributed by atoms with Crippen LogP contribution in [0, 0.1) is 0 Å². The Balaban J connectivity index is 1.57. The molecule has 0 unspecified atom stereocenters. The zero-order chi connectivity index (χ0) is 17.4. The molecule has 1 aliphatic carbocycles. The van der Waals surface area contributed by atoms with Crippen molar-refractivity contribution in [3.63, 3.8) is 0 Å². The minimum Gasteiger partial charge on any atom is -0.497 e. The molecule has 1 amide bonds. The van der Waals surface area contributed by atoms with Gasteiger partial charge in [-0.3, -0.25) is 9.59 Å². The number of rotatable bonds is 4. The average Bonchev–Trinajstić information content (AvgIpc) is 3.20. The van der Waals surface area contributed by atoms with E-state index < -0.39 is 5.91 Å². The molecule has 2 heterocycles. The van der Waals surface area contributed by atoms with Gasteiger partial charge in [0.1, 0.15) is 10.6 Å². The second kappa shape index (κ2) is 6.33. The van der Waals surface area contributed by atoms with Crippen molar-refractivity contribution in [2.45, 2.75) is 25.8 Å². The van der Waals surface area contributed by atoms with Crippen LogP contribution >= 0.6 is 11.3 Å². The molecule has 25 heavy (non-hydrogen) atoms. The number of hydrogen-bond acceptors (Lipinski definition) is 5. The molecule has 0 saturated heterocycles. The Bertz CT molecular complexity index is 1020. The molecule has 128 valence electrons. The summed E-state index contributed by atoms with van der Waals surface area (Å²) < 4.78 is 5.17. The molecule has 4 rings (SSSR count). The van der Waals surface area contributed by atoms with Crippen molar-refractivity contribution in [2.24, 2.45) is 0 Å². The first-order valence-corrected chi connectivity index (χ1v) is 8.93. The Morgan fingerprint density at radius 2 is 2.28 bits per heavy atom. The van der Waals surface area contributed by atoms with E-state index in [0.29, 0.717) is 16.8 Å². The fourth-order valence-electron chi connectivity index (χ4n) is 3.16. The number of H-pyrrole nitrogens is 1. The number of fused-ring (bicyclic) bond motifs is 3. The summed E-state index contributed by atoms with van der Waals surface area (Å²) in [5.41, 5.74) is 1.79. The molecule has 0 saturated carbocycles. The van der Waals surface area contributed by atoms with E-state index in [1.807, 2.05) is 24.3 Å². The average molecular weight is 355 g/mol. The van der Waals surface area contributed by atoms with Crippen molar-refractivity contribution in [3.05, 3.63) is 56.4 Å². The van der Waals surface area contributed by atoms with Gasteiger partial charge < -0.3 is 15.0 Å². The first kappa shape index (κ1) is 15.8. The number of carbonyl (C=O) groups excluding carboxylic acids is 1. The third kappa shape index (κ3) is 2.91. The van der Waals surface area contributed by atoms with Gasteiger partial charge in [0.2, 0.25) is 5.82 Å². The van der Waals surface area contributed by atoms with Crippen LogP contribution in [0.25, 0.3) is 10.2 Å². The summed E-state index contributed by atoms with van der Waals surface area (Å²) in [6.07, 6.45) is 2.99. The molecule has 3 aromatic rings. The van der Waals surface area contributed by atoms with E-state index in [-0.39, 0.29) is 11.4 Å². The van der Waals surface area contributed by atoms with Crippen LogP contribution in [-0.2, 0) is 19.4 Å². The van der Waals surface area contributed by atoms with Crippen molar-refractivity contribution in [2.75, 3.05) is 7.11 Å². The fourth-order valence-corrected chi connectivity index (χ4v) is 4.42. The Morgan fingerprint density at radius 3 is 3.12 bits per heavy atom. The molecular weight excluding hydrogens is 338 g/mol. The van der Waals surface area contributed by atoms with E-state index in [4.69, 9.17) is 4.74 Å². The highest BCUT2D eigenvalue weighted by molar-refractivity contribution is 7.18. The van der Waals surface area contributed by atoms with Crippen LogP contribution in [0.5, 0.6) is 5.75 Å². The number of methoxy groups -OCH3 is 1. The van der Waals surface area contributed by atoms with Gasteiger partial charge in [-0.05, 0) is 42.5 Å². The first-order chi connectivity index (χ1) is 12.2. The zero-order valence-corrected chi connectivity index (χ0v) is 14.5. The standard InChI is InChI=1S/C18H17N3O3S/c1-24-11-5-2-4-10(8-11)9-19-17(23)15-20-16(22)14-12-6-3-7-13(12)25-18(14)21-15/h2,4-5,8H,3,6-7,9H2,1H3,(H,19,23)(H,20,21,22). The van der Waals surface area contributed by atoms with Crippen LogP contribution in [0.2, 0.25) is 0 Å². The van der Waals surface area contributed by atoms with Gasteiger partial charge in [-0.2, -0.15) is 0 Å². The maximum Gasteiger partial charge on any atom is 0.287 e. The molecule has 0 atom stereocenters. The molecular formula is C18H17N3O3S. The first-order valence-electron chi connectivity index (χ1n) is 8.11. The minimum absolute atomic E-state index is 0.0559. The Labute approximate surface area is 147 Å². The molecule has 1 aliphatic rings. The summed E-state index contributed by atoms with van der Waals surface area (Å²) in [5, 5.41) is 3.44. The minimum atomic E-state index is -0.393. The molecule has 0 spiro atoms. The summed E-state index contributed by atoms with van der Waals surface area (Å²) in [6, 6.07) is 7.45. The molecule has 6 nitrogen and oxygen atoms in total. The van der Waals surface area contributed by atoms with Crippen LogP contribution in [-0.4, -0.2) is 23.0 Å². The molecule has 2 N–H and O–H groups in total. The highest BCUT2D eigenvalue weighted by atomic mass is 32.1. The van der Waals surface area contributed by atoms with Crippen LogP contribution in [0.4, 0.5) is 0 Å². The van der Waals surface area contributed by atoms with Crippen LogP contribution < -0.4 is 15.6 Å². The molecule has 1 aromatic carbocycles. The molecule has 0 bridgehead atoms. The maximum atomic E-state index is 12.4. The van der Waals surface area contributed by atoms with E-state index in [0.717, 1.165) is 36.1 Å². The monoisotopic (exact) mass is 355 g/mol. The highest BCUT2D eigenvalue weighted by Gasteiger charge is 2.22. The van der Waals surface area contributed by atoms with Gasteiger partial charge in [-0.1, -0.05) is 12.1 Å². The molecule has 2 aromatic heterocycles. The van der Waals surface area contributed by atoms with E-state index in [2.05, 4.69) is 15.3 Å². The Kier molecular flexibility index (Phi) is 4.01. The summed E-state index contributed by atoms with van der Waals surface area (Å²) in [6.45, 7) is 0.332. The largest absolute Gasteiger partial charge is 0.497 e. The lowest BCUT2D eigenvalue weighted by atomic mass is 10.2. The van der Waals surface area contributed by atoms with E-state index in [9.17, 15) is 9.59 Å². The maximum absolute atomic E-state index is 12.4. The molecule has 0 fully saturated rings. The number of nitrogens with one attached hydrogen (secondary N) is 2. The fraction of sp³-hybridized carbons (Fsp3) is 0.278. The van der Waals surface area contributed by atoms with E-state index >= 15 is 0 Å². The molecule has 0 radical (unpaired) electrons. The number of carbonyl (C=O) groups is 1. The predicted octanol–water partition coefficient (Wildman–Crippen LogP) is 2.41. The number of hydrogen-bond donors (Lipinski definition) is 2. The number of aromatic amines is 1. The van der Waals surface area contributed by atoms with Gasteiger partial charge in [0, 0.05) is 11.4 Å². The quantitative estimate of drug-likeness (QED) is 0.753. The molecule has 0 aliphatic heterocycles. The van der Waals surface area contributed by atoms with Crippen molar-refractivity contribution in [1.29, 1.82) is 0 Å². The van der Waals surface area contributed by atoms with Gasteiger partial charge in [-0.15, -0.1) is 11.3 Å². The Morgan fingerprint density at radius 1 is 1.40 bits per heavy atom. The number of aromatic nitrogens is 2.